The molecule has 0 aromatic carbocycles. The highest BCUT2D eigenvalue weighted by atomic mass is 32.2. The second-order valence-corrected chi connectivity index (χ2v) is 11.6. The minimum absolute atomic E-state index is 0.214. The van der Waals surface area contributed by atoms with Crippen molar-refractivity contribution < 1.29 is 13.2 Å². The molecule has 3 aromatic heterocycles. The summed E-state index contributed by atoms with van der Waals surface area (Å²) in [5.41, 5.74) is 8.96. The molecule has 5 heterocycles. The van der Waals surface area contributed by atoms with Gasteiger partial charge in [-0.1, -0.05) is 0 Å². The van der Waals surface area contributed by atoms with E-state index in [9.17, 15) is 8.42 Å². The maximum atomic E-state index is 12.5. The van der Waals surface area contributed by atoms with Crippen LogP contribution in [0.25, 0.3) is 16.8 Å². The minimum Gasteiger partial charge on any atom is -0.378 e. The number of rotatable bonds is 6. The van der Waals surface area contributed by atoms with Crippen LogP contribution in [0.15, 0.2) is 24.7 Å². The van der Waals surface area contributed by atoms with E-state index in [0.717, 1.165) is 35.7 Å². The maximum Gasteiger partial charge on any atom is 0.219 e. The Kier molecular flexibility index (Phi) is 6.57. The van der Waals surface area contributed by atoms with E-state index in [-0.39, 0.29) is 5.95 Å². The molecular formula is C22H31N9O3S. The Morgan fingerprint density at radius 3 is 2.40 bits per heavy atom. The van der Waals surface area contributed by atoms with Gasteiger partial charge in [-0.25, -0.2) is 27.9 Å². The Bertz CT molecular complexity index is 1280. The number of fused-ring (bicyclic) bond motifs is 1. The molecule has 0 spiro atoms. The van der Waals surface area contributed by atoms with Crippen molar-refractivity contribution in [2.45, 2.75) is 25.6 Å². The van der Waals surface area contributed by atoms with E-state index in [1.54, 1.807) is 30.5 Å². The number of hydrogen-bond acceptors (Lipinski definition) is 10. The first-order chi connectivity index (χ1) is 16.8. The molecule has 2 fully saturated rings. The number of anilines is 2. The van der Waals surface area contributed by atoms with Gasteiger partial charge in [-0.15, -0.1) is 0 Å². The summed E-state index contributed by atoms with van der Waals surface area (Å²) in [6, 6.07) is 2.07. The number of aromatic nitrogens is 5. The second-order valence-electron chi connectivity index (χ2n) is 9.11. The largest absolute Gasteiger partial charge is 0.378 e. The second kappa shape index (κ2) is 9.64. The summed E-state index contributed by atoms with van der Waals surface area (Å²) in [5, 5.41) is 4.44. The van der Waals surface area contributed by atoms with Crippen LogP contribution in [0.5, 0.6) is 0 Å². The number of nitrogen functional groups attached to an aromatic ring is 1. The predicted molar refractivity (Wildman–Crippen MR) is 132 cm³/mol. The van der Waals surface area contributed by atoms with Gasteiger partial charge < -0.3 is 15.4 Å². The first-order valence-electron chi connectivity index (χ1n) is 11.8. The Balaban J connectivity index is 1.41. The molecule has 0 atom stereocenters. The van der Waals surface area contributed by atoms with Crippen LogP contribution in [0.3, 0.4) is 0 Å². The molecule has 13 heteroatoms. The summed E-state index contributed by atoms with van der Waals surface area (Å²) in [6.45, 7) is 9.21. The third-order valence-corrected chi connectivity index (χ3v) is 8.71. The summed E-state index contributed by atoms with van der Waals surface area (Å²) < 4.78 is 33.9. The lowest BCUT2D eigenvalue weighted by Gasteiger charge is -2.34. The van der Waals surface area contributed by atoms with Crippen molar-refractivity contribution in [3.05, 3.63) is 30.4 Å². The van der Waals surface area contributed by atoms with E-state index < -0.39 is 15.3 Å². The average molecular weight is 502 g/mol. The molecule has 2 N–H and O–H groups in total. The summed E-state index contributed by atoms with van der Waals surface area (Å²) in [4.78, 5) is 17.6. The molecule has 35 heavy (non-hydrogen) atoms. The highest BCUT2D eigenvalue weighted by molar-refractivity contribution is 7.89. The Morgan fingerprint density at radius 1 is 1.06 bits per heavy atom. The van der Waals surface area contributed by atoms with Gasteiger partial charge in [0, 0.05) is 63.8 Å². The number of ether oxygens (including phenoxy) is 1. The minimum atomic E-state index is -3.22. The highest BCUT2D eigenvalue weighted by Crippen LogP contribution is 2.27. The van der Waals surface area contributed by atoms with E-state index in [1.807, 2.05) is 10.7 Å². The van der Waals surface area contributed by atoms with Crippen molar-refractivity contribution in [1.29, 1.82) is 0 Å². The third kappa shape index (κ3) is 4.94. The van der Waals surface area contributed by atoms with Crippen molar-refractivity contribution in [1.82, 2.24) is 33.8 Å². The Labute approximate surface area is 204 Å². The number of hydrogen-bond donors (Lipinski definition) is 1. The standard InChI is InChI=1S/C22H31N9O3S/c1-16(2)35(32,33)30-5-3-28(4-6-30)14-18-11-20-21(29-7-9-34-10-8-29)26-19(15-31(20)27-18)17-12-24-22(23)25-13-17/h11-13,15-16H,3-10,14H2,1-2H3,(H2,23,24,25). The van der Waals surface area contributed by atoms with Crippen LogP contribution in [0.2, 0.25) is 0 Å². The smallest absolute Gasteiger partial charge is 0.219 e. The summed E-state index contributed by atoms with van der Waals surface area (Å²) in [7, 11) is -3.22. The molecule has 12 nitrogen and oxygen atoms in total. The third-order valence-electron chi connectivity index (χ3n) is 6.44. The molecule has 3 aromatic rings. The van der Waals surface area contributed by atoms with Gasteiger partial charge in [-0.3, -0.25) is 4.90 Å². The van der Waals surface area contributed by atoms with Gasteiger partial charge in [0.25, 0.3) is 0 Å². The molecule has 2 aliphatic rings. The van der Waals surface area contributed by atoms with Crippen LogP contribution in [-0.4, -0.2) is 99.9 Å². The Hall–Kier alpha value is -2.87. The zero-order chi connectivity index (χ0) is 24.6. The summed E-state index contributed by atoms with van der Waals surface area (Å²) in [5.74, 6) is 1.06. The van der Waals surface area contributed by atoms with Crippen molar-refractivity contribution in [3.63, 3.8) is 0 Å². The fourth-order valence-corrected chi connectivity index (χ4v) is 5.66. The zero-order valence-corrected chi connectivity index (χ0v) is 20.9. The van der Waals surface area contributed by atoms with Gasteiger partial charge >= 0.3 is 0 Å². The number of sulfonamides is 1. The van der Waals surface area contributed by atoms with Gasteiger partial charge in [-0.2, -0.15) is 9.40 Å². The van der Waals surface area contributed by atoms with Gasteiger partial charge in [0.2, 0.25) is 16.0 Å². The number of morpholine rings is 1. The zero-order valence-electron chi connectivity index (χ0n) is 20.0. The first kappa shape index (κ1) is 23.9. The number of nitrogens with zero attached hydrogens (tertiary/aromatic N) is 8. The van der Waals surface area contributed by atoms with Crippen LogP contribution < -0.4 is 10.6 Å². The van der Waals surface area contributed by atoms with E-state index >= 15 is 0 Å². The number of piperazine rings is 1. The molecular weight excluding hydrogens is 470 g/mol. The van der Waals surface area contributed by atoms with Gasteiger partial charge in [0.05, 0.1) is 36.0 Å². The van der Waals surface area contributed by atoms with Crippen molar-refractivity contribution >= 4 is 27.3 Å². The molecule has 0 amide bonds. The molecule has 0 saturated carbocycles. The quantitative estimate of drug-likeness (QED) is 0.507. The van der Waals surface area contributed by atoms with Gasteiger partial charge in [0.1, 0.15) is 5.52 Å². The SMILES string of the molecule is CC(C)S(=O)(=O)N1CCN(Cc2cc3c(N4CCOCC4)nc(-c4cnc(N)nc4)cn3n2)CC1. The van der Waals surface area contributed by atoms with Crippen LogP contribution in [0.4, 0.5) is 11.8 Å². The first-order valence-corrected chi connectivity index (χ1v) is 13.3. The van der Waals surface area contributed by atoms with E-state index in [2.05, 4.69) is 25.8 Å². The van der Waals surface area contributed by atoms with Crippen molar-refractivity contribution in [3.8, 4) is 11.3 Å². The predicted octanol–water partition coefficient (Wildman–Crippen LogP) is 0.461. The lowest BCUT2D eigenvalue weighted by molar-refractivity contribution is 0.122. The molecule has 0 radical (unpaired) electrons. The maximum absolute atomic E-state index is 12.5. The Morgan fingerprint density at radius 2 is 1.74 bits per heavy atom. The van der Waals surface area contributed by atoms with Crippen LogP contribution >= 0.6 is 0 Å². The summed E-state index contributed by atoms with van der Waals surface area (Å²) in [6.07, 6.45) is 5.20. The lowest BCUT2D eigenvalue weighted by atomic mass is 10.2. The van der Waals surface area contributed by atoms with E-state index in [4.69, 9.17) is 20.6 Å². The van der Waals surface area contributed by atoms with Crippen LogP contribution in [0.1, 0.15) is 19.5 Å². The monoisotopic (exact) mass is 501 g/mol. The highest BCUT2D eigenvalue weighted by Gasteiger charge is 2.29. The molecule has 0 bridgehead atoms. The van der Waals surface area contributed by atoms with E-state index in [0.29, 0.717) is 51.6 Å². The normalized spacial score (nSPS) is 18.5. The van der Waals surface area contributed by atoms with Crippen molar-refractivity contribution in [2.24, 2.45) is 0 Å². The van der Waals surface area contributed by atoms with Crippen molar-refractivity contribution in [2.75, 3.05) is 63.1 Å². The molecule has 0 aliphatic carbocycles. The number of nitrogens with two attached hydrogens (primary N) is 1. The fraction of sp³-hybridized carbons (Fsp3) is 0.545. The summed E-state index contributed by atoms with van der Waals surface area (Å²) >= 11 is 0. The molecule has 2 saturated heterocycles. The van der Waals surface area contributed by atoms with Gasteiger partial charge in [0.15, 0.2) is 5.82 Å². The molecule has 188 valence electrons. The molecule has 2 aliphatic heterocycles. The average Bonchev–Trinajstić information content (AvgIpc) is 3.27. The van der Waals surface area contributed by atoms with E-state index in [1.165, 1.54) is 0 Å². The fourth-order valence-electron chi connectivity index (χ4n) is 4.39. The topological polar surface area (TPSA) is 135 Å². The molecule has 0 unspecified atom stereocenters. The van der Waals surface area contributed by atoms with Crippen LogP contribution in [-0.2, 0) is 21.3 Å². The molecule has 5 rings (SSSR count). The van der Waals surface area contributed by atoms with Gasteiger partial charge in [-0.05, 0) is 19.9 Å². The lowest BCUT2D eigenvalue weighted by Crippen LogP contribution is -2.50. The van der Waals surface area contributed by atoms with Crippen LogP contribution in [0, 0.1) is 0 Å².